The molecule has 0 fully saturated rings. The molecule has 0 aromatic carbocycles. The molecule has 1 aromatic rings. The van der Waals surface area contributed by atoms with E-state index in [1.165, 1.54) is 12.1 Å². The van der Waals surface area contributed by atoms with Crippen molar-refractivity contribution in [2.24, 2.45) is 5.73 Å². The van der Waals surface area contributed by atoms with Gasteiger partial charge in [0, 0.05) is 16.3 Å². The monoisotopic (exact) mass is 225 g/mol. The maximum absolute atomic E-state index is 12.5. The van der Waals surface area contributed by atoms with Crippen molar-refractivity contribution in [1.29, 1.82) is 0 Å². The van der Waals surface area contributed by atoms with Crippen LogP contribution in [0, 0.1) is 6.92 Å². The molecule has 1 heterocycles. The smallest absolute Gasteiger partial charge is 0.375 e. The molecular weight excluding hydrogens is 215 g/mol. The molecule has 1 atom stereocenters. The van der Waals surface area contributed by atoms with Crippen molar-refractivity contribution in [2.45, 2.75) is 18.7 Å². The predicted octanol–water partition coefficient (Wildman–Crippen LogP) is 1.77. The topological polar surface area (TPSA) is 46.2 Å². The fourth-order valence-corrected chi connectivity index (χ4v) is 2.00. The number of aliphatic hydroxyl groups is 1. The van der Waals surface area contributed by atoms with Crippen molar-refractivity contribution in [3.8, 4) is 0 Å². The minimum absolute atomic E-state index is 0.162. The molecule has 0 aliphatic carbocycles. The van der Waals surface area contributed by atoms with E-state index in [9.17, 15) is 18.3 Å². The van der Waals surface area contributed by atoms with Crippen molar-refractivity contribution in [3.05, 3.63) is 21.9 Å². The van der Waals surface area contributed by atoms with E-state index >= 15 is 0 Å². The zero-order valence-electron chi connectivity index (χ0n) is 7.43. The van der Waals surface area contributed by atoms with Crippen LogP contribution < -0.4 is 5.73 Å². The molecule has 1 unspecified atom stereocenters. The molecule has 0 aliphatic rings. The minimum atomic E-state index is -4.74. The second kappa shape index (κ2) is 3.52. The molecule has 0 radical (unpaired) electrons. The molecule has 0 amide bonds. The number of aryl methyl sites for hydroxylation is 1. The Hall–Kier alpha value is -0.590. The average Bonchev–Trinajstić information content (AvgIpc) is 2.48. The van der Waals surface area contributed by atoms with E-state index in [4.69, 9.17) is 5.73 Å². The summed E-state index contributed by atoms with van der Waals surface area (Å²) in [5, 5.41) is 9.40. The molecule has 0 saturated heterocycles. The third-order valence-corrected chi connectivity index (χ3v) is 3.06. The largest absolute Gasteiger partial charge is 0.423 e. The van der Waals surface area contributed by atoms with Gasteiger partial charge in [0.15, 0.2) is 0 Å². The highest BCUT2D eigenvalue weighted by Crippen LogP contribution is 2.40. The van der Waals surface area contributed by atoms with Gasteiger partial charge in [-0.3, -0.25) is 0 Å². The van der Waals surface area contributed by atoms with Gasteiger partial charge in [-0.25, -0.2) is 0 Å². The number of hydrogen-bond donors (Lipinski definition) is 2. The Kier molecular flexibility index (Phi) is 2.89. The van der Waals surface area contributed by atoms with Crippen LogP contribution in [0.1, 0.15) is 9.75 Å². The average molecular weight is 225 g/mol. The molecule has 6 heteroatoms. The van der Waals surface area contributed by atoms with Crippen LogP contribution in [0.25, 0.3) is 0 Å². The Balaban J connectivity index is 3.14. The molecule has 3 N–H and O–H groups in total. The highest BCUT2D eigenvalue weighted by Gasteiger charge is 2.54. The molecule has 0 saturated carbocycles. The van der Waals surface area contributed by atoms with Crippen LogP contribution in [0.4, 0.5) is 13.2 Å². The van der Waals surface area contributed by atoms with E-state index in [1.807, 2.05) is 0 Å². The van der Waals surface area contributed by atoms with E-state index in [2.05, 4.69) is 0 Å². The normalized spacial score (nSPS) is 16.7. The van der Waals surface area contributed by atoms with Crippen LogP contribution in [-0.2, 0) is 5.60 Å². The molecule has 0 aliphatic heterocycles. The third-order valence-electron chi connectivity index (χ3n) is 1.91. The first-order valence-corrected chi connectivity index (χ1v) is 4.69. The zero-order chi connectivity index (χ0) is 11.0. The zero-order valence-corrected chi connectivity index (χ0v) is 8.25. The Bertz CT molecular complexity index is 323. The fraction of sp³-hybridized carbons (Fsp3) is 0.500. The molecule has 0 spiro atoms. The van der Waals surface area contributed by atoms with Gasteiger partial charge in [0.2, 0.25) is 5.60 Å². The highest BCUT2D eigenvalue weighted by molar-refractivity contribution is 7.12. The van der Waals surface area contributed by atoms with Gasteiger partial charge in [-0.05, 0) is 19.1 Å². The Morgan fingerprint density at radius 3 is 2.29 bits per heavy atom. The van der Waals surface area contributed by atoms with Crippen LogP contribution in [0.5, 0.6) is 0 Å². The van der Waals surface area contributed by atoms with Crippen LogP contribution >= 0.6 is 11.3 Å². The summed E-state index contributed by atoms with van der Waals surface area (Å²) in [7, 11) is 0. The summed E-state index contributed by atoms with van der Waals surface area (Å²) in [6.45, 7) is 0.804. The van der Waals surface area contributed by atoms with Crippen molar-refractivity contribution >= 4 is 11.3 Å². The number of rotatable bonds is 2. The van der Waals surface area contributed by atoms with Crippen LogP contribution in [0.2, 0.25) is 0 Å². The highest BCUT2D eigenvalue weighted by atomic mass is 32.1. The van der Waals surface area contributed by atoms with Crippen LogP contribution in [0.3, 0.4) is 0 Å². The van der Waals surface area contributed by atoms with Crippen LogP contribution in [-0.4, -0.2) is 17.8 Å². The quantitative estimate of drug-likeness (QED) is 0.805. The van der Waals surface area contributed by atoms with Crippen molar-refractivity contribution < 1.29 is 18.3 Å². The first-order valence-electron chi connectivity index (χ1n) is 3.87. The Morgan fingerprint density at radius 2 is 2.00 bits per heavy atom. The van der Waals surface area contributed by atoms with Gasteiger partial charge in [0.1, 0.15) is 0 Å². The number of thiophene rings is 1. The van der Waals surface area contributed by atoms with Crippen molar-refractivity contribution in [2.75, 3.05) is 6.54 Å². The van der Waals surface area contributed by atoms with E-state index < -0.39 is 18.3 Å². The van der Waals surface area contributed by atoms with Gasteiger partial charge >= 0.3 is 6.18 Å². The summed E-state index contributed by atoms with van der Waals surface area (Å²) < 4.78 is 37.4. The lowest BCUT2D eigenvalue weighted by atomic mass is 10.0. The number of halogens is 3. The standard InChI is InChI=1S/C8H10F3NOS/c1-5-2-3-6(14-5)7(13,4-12)8(9,10)11/h2-3,13H,4,12H2,1H3. The van der Waals surface area contributed by atoms with Gasteiger partial charge in [0.05, 0.1) is 0 Å². The fourth-order valence-electron chi connectivity index (χ4n) is 1.01. The maximum atomic E-state index is 12.5. The molecule has 1 rings (SSSR count). The summed E-state index contributed by atoms with van der Waals surface area (Å²) in [6.07, 6.45) is -4.74. The lowest BCUT2D eigenvalue weighted by Gasteiger charge is -2.27. The van der Waals surface area contributed by atoms with Gasteiger partial charge in [-0.15, -0.1) is 11.3 Å². The first-order chi connectivity index (χ1) is 6.31. The molecule has 0 bridgehead atoms. The van der Waals surface area contributed by atoms with Crippen molar-refractivity contribution in [3.63, 3.8) is 0 Å². The number of nitrogens with two attached hydrogens (primary N) is 1. The van der Waals surface area contributed by atoms with Crippen molar-refractivity contribution in [1.82, 2.24) is 0 Å². The summed E-state index contributed by atoms with van der Waals surface area (Å²) >= 11 is 0.896. The Labute approximate surface area is 83.2 Å². The minimum Gasteiger partial charge on any atom is -0.375 e. The van der Waals surface area contributed by atoms with E-state index in [-0.39, 0.29) is 4.88 Å². The lowest BCUT2D eigenvalue weighted by Crippen LogP contribution is -2.47. The molecule has 2 nitrogen and oxygen atoms in total. The third kappa shape index (κ3) is 1.77. The molecule has 14 heavy (non-hydrogen) atoms. The maximum Gasteiger partial charge on any atom is 0.423 e. The number of alkyl halides is 3. The predicted molar refractivity (Wildman–Crippen MR) is 48.1 cm³/mol. The second-order valence-corrected chi connectivity index (χ2v) is 4.26. The first kappa shape index (κ1) is 11.5. The molecular formula is C8H10F3NOS. The molecule has 1 aromatic heterocycles. The number of hydrogen-bond acceptors (Lipinski definition) is 3. The molecule has 80 valence electrons. The second-order valence-electron chi connectivity index (χ2n) is 2.97. The van der Waals surface area contributed by atoms with Gasteiger partial charge in [0.25, 0.3) is 0 Å². The Morgan fingerprint density at radius 1 is 1.43 bits per heavy atom. The summed E-state index contributed by atoms with van der Waals surface area (Å²) in [5.74, 6) is 0. The van der Waals surface area contributed by atoms with Crippen LogP contribution in [0.15, 0.2) is 12.1 Å². The van der Waals surface area contributed by atoms with Gasteiger partial charge < -0.3 is 10.8 Å². The SMILES string of the molecule is Cc1ccc(C(O)(CN)C(F)(F)F)s1. The van der Waals surface area contributed by atoms with E-state index in [0.717, 1.165) is 11.3 Å². The summed E-state index contributed by atoms with van der Waals surface area (Å²) in [6, 6.07) is 2.77. The van der Waals surface area contributed by atoms with Gasteiger partial charge in [-0.2, -0.15) is 13.2 Å². The van der Waals surface area contributed by atoms with Gasteiger partial charge in [-0.1, -0.05) is 0 Å². The summed E-state index contributed by atoms with van der Waals surface area (Å²) in [5.41, 5.74) is 2.06. The summed E-state index contributed by atoms with van der Waals surface area (Å²) in [4.78, 5) is 0.543. The van der Waals surface area contributed by atoms with E-state index in [0.29, 0.717) is 4.88 Å². The lowest BCUT2D eigenvalue weighted by molar-refractivity contribution is -0.260. The van der Waals surface area contributed by atoms with E-state index in [1.54, 1.807) is 6.92 Å².